The maximum atomic E-state index is 14.3. The first kappa shape index (κ1) is 71.4. The number of aromatic amines is 1. The Balaban J connectivity index is 2.31. The molecule has 31 heteroatoms. The van der Waals surface area contributed by atoms with Gasteiger partial charge in [0.2, 0.25) is 53.2 Å². The lowest BCUT2D eigenvalue weighted by Gasteiger charge is -2.31. The summed E-state index contributed by atoms with van der Waals surface area (Å²) in [4.78, 5) is 151. The van der Waals surface area contributed by atoms with E-state index in [4.69, 9.17) is 28.7 Å². The van der Waals surface area contributed by atoms with Crippen LogP contribution in [0.4, 0.5) is 0 Å². The minimum Gasteiger partial charge on any atom is -0.480 e. The van der Waals surface area contributed by atoms with E-state index in [-0.39, 0.29) is 69.6 Å². The number of carboxylic acids is 1. The van der Waals surface area contributed by atoms with E-state index >= 15 is 0 Å². The normalized spacial score (nSPS) is 16.3. The van der Waals surface area contributed by atoms with Crippen molar-refractivity contribution < 1.29 is 63.3 Å². The predicted molar refractivity (Wildman–Crippen MR) is 305 cm³/mol. The number of carbonyl (C=O) groups is 10. The molecule has 0 bridgehead atoms. The van der Waals surface area contributed by atoms with Crippen molar-refractivity contribution in [2.24, 2.45) is 50.5 Å². The first-order chi connectivity index (χ1) is 39.2. The number of rotatable bonds is 38. The molecule has 0 spiro atoms. The number of aromatic nitrogens is 2. The molecule has 1 aliphatic carbocycles. The minimum atomic E-state index is -1.83. The van der Waals surface area contributed by atoms with Crippen LogP contribution >= 0.6 is 0 Å². The fourth-order valence-corrected chi connectivity index (χ4v) is 8.93. The van der Waals surface area contributed by atoms with Crippen LogP contribution in [-0.2, 0) is 54.4 Å². The SMILES string of the molecule is CCCCN(CC(=O)O)C(=O)[C@@H](NC(=O)[C@H](CCCN=C(N)N)NC(=O)CNC(=O)[C@@H](NC(=O)[C@@H](NC(=O)[C@H](Cc1cnc[nH]1)NC(=O)[C@H](CC1CCCCC1)NC(=O)[C@H](C)NC(=O)[C@@H](N)CCCN=C(N)N)[C@@H](C)O)[C@@H](C)O)C(C)CC. The molecule has 1 aromatic rings. The zero-order chi connectivity index (χ0) is 62.3. The molecule has 1 fully saturated rings. The fraction of sp³-hybridized carbons (Fsp3) is 0.712. The van der Waals surface area contributed by atoms with Crippen molar-refractivity contribution in [3.8, 4) is 0 Å². The van der Waals surface area contributed by atoms with Crippen LogP contribution in [0.25, 0.3) is 0 Å². The summed E-state index contributed by atoms with van der Waals surface area (Å²) in [7, 11) is 0. The Morgan fingerprint density at radius 3 is 1.78 bits per heavy atom. The Bertz CT molecular complexity index is 2320. The lowest BCUT2D eigenvalue weighted by Crippen LogP contribution is -2.62. The number of carboxylic acid groups (broad SMARTS) is 1. The fourth-order valence-electron chi connectivity index (χ4n) is 8.93. The van der Waals surface area contributed by atoms with Gasteiger partial charge in [0, 0.05) is 37.9 Å². The molecule has 1 saturated carbocycles. The molecule has 0 saturated heterocycles. The van der Waals surface area contributed by atoms with E-state index in [1.807, 2.05) is 6.92 Å². The van der Waals surface area contributed by atoms with Crippen molar-refractivity contribution in [3.63, 3.8) is 0 Å². The molecule has 1 aliphatic rings. The Morgan fingerprint density at radius 1 is 0.675 bits per heavy atom. The molecule has 0 aliphatic heterocycles. The average molecular weight is 1180 g/mol. The van der Waals surface area contributed by atoms with Crippen molar-refractivity contribution in [1.82, 2.24) is 57.4 Å². The highest BCUT2D eigenvalue weighted by molar-refractivity contribution is 5.98. The van der Waals surface area contributed by atoms with Crippen molar-refractivity contribution in [3.05, 3.63) is 18.2 Å². The Hall–Kier alpha value is -7.67. The third-order valence-electron chi connectivity index (χ3n) is 13.9. The van der Waals surface area contributed by atoms with Gasteiger partial charge in [0.25, 0.3) is 0 Å². The highest BCUT2D eigenvalue weighted by Crippen LogP contribution is 2.27. The van der Waals surface area contributed by atoms with Gasteiger partial charge in [-0.3, -0.25) is 57.9 Å². The first-order valence-corrected chi connectivity index (χ1v) is 28.3. The number of aliphatic carboxylic acids is 1. The molecule has 2 rings (SSSR count). The highest BCUT2D eigenvalue weighted by Gasteiger charge is 2.37. The summed E-state index contributed by atoms with van der Waals surface area (Å²) < 4.78 is 0. The number of aliphatic hydroxyl groups is 2. The number of guanidine groups is 2. The van der Waals surface area contributed by atoms with Gasteiger partial charge in [0.05, 0.1) is 31.1 Å². The quantitative estimate of drug-likeness (QED) is 0.0168. The molecule has 83 heavy (non-hydrogen) atoms. The largest absolute Gasteiger partial charge is 0.480 e. The lowest BCUT2D eigenvalue weighted by molar-refractivity contribution is -0.146. The summed E-state index contributed by atoms with van der Waals surface area (Å²) in [6, 6.07) is -11.0. The minimum absolute atomic E-state index is 0.0168. The molecule has 1 unspecified atom stereocenters. The average Bonchev–Trinajstić information content (AvgIpc) is 3.97. The first-order valence-electron chi connectivity index (χ1n) is 28.3. The van der Waals surface area contributed by atoms with E-state index in [9.17, 15) is 63.3 Å². The molecule has 0 radical (unpaired) electrons. The number of hydrogen-bond donors (Lipinski definition) is 17. The van der Waals surface area contributed by atoms with Crippen LogP contribution in [0.3, 0.4) is 0 Å². The molecular weight excluding hydrogens is 1080 g/mol. The van der Waals surface area contributed by atoms with Crippen LogP contribution in [-0.4, -0.2) is 195 Å². The van der Waals surface area contributed by atoms with Crippen LogP contribution in [0.15, 0.2) is 22.5 Å². The lowest BCUT2D eigenvalue weighted by atomic mass is 9.84. The highest BCUT2D eigenvalue weighted by atomic mass is 16.4. The zero-order valence-corrected chi connectivity index (χ0v) is 48.6. The summed E-state index contributed by atoms with van der Waals surface area (Å²) >= 11 is 0. The number of amides is 9. The summed E-state index contributed by atoms with van der Waals surface area (Å²) in [5.74, 6) is -9.78. The molecule has 11 atom stereocenters. The van der Waals surface area contributed by atoms with Crippen LogP contribution in [0.2, 0.25) is 0 Å². The number of nitrogens with two attached hydrogens (primary N) is 5. The van der Waals surface area contributed by atoms with Crippen molar-refractivity contribution in [1.29, 1.82) is 0 Å². The number of imidazole rings is 1. The monoisotopic (exact) mass is 1180 g/mol. The molecule has 468 valence electrons. The van der Waals surface area contributed by atoms with Crippen LogP contribution in [0, 0.1) is 11.8 Å². The number of carbonyl (C=O) groups excluding carboxylic acids is 9. The van der Waals surface area contributed by atoms with Gasteiger partial charge in [-0.15, -0.1) is 0 Å². The van der Waals surface area contributed by atoms with E-state index in [0.29, 0.717) is 31.4 Å². The smallest absolute Gasteiger partial charge is 0.323 e. The number of aliphatic imine (C=N–C) groups is 2. The van der Waals surface area contributed by atoms with Gasteiger partial charge in [0.1, 0.15) is 48.8 Å². The van der Waals surface area contributed by atoms with Crippen molar-refractivity contribution >= 4 is 71.1 Å². The van der Waals surface area contributed by atoms with Crippen molar-refractivity contribution in [2.75, 3.05) is 32.7 Å². The third-order valence-corrected chi connectivity index (χ3v) is 13.9. The number of hydrogen-bond acceptors (Lipinski definition) is 16. The standard InChI is InChI=1S/C52H92N18O13/c1-7-9-21-70(26-39(74)75)50(83)40(28(3)8-2)67-45(78)35(18-14-20-60-52(56)57)64-38(73)25-61-48(81)41(30(5)71)69-49(82)42(31(6)72)68-47(80)37(23-33-24-58-27-62-33)66-46(79)36(22-32-15-11-10-12-16-32)65-43(76)29(4)63-44(77)34(53)17-13-19-59-51(54)55/h24,27-32,34-37,40-42,71-72H,7-23,25-26,53H2,1-6H3,(H,58,62)(H,61,81)(H,63,77)(H,64,73)(H,65,76)(H,66,79)(H,67,78)(H,68,80)(H,69,82)(H,74,75)(H4,54,55,59)(H4,56,57,60)/t28?,29-,30+,31+,34-,35-,36-,37-,40-,41-,42-/m0/s1. The molecule has 31 nitrogen and oxygen atoms in total. The number of aliphatic hydroxyl groups excluding tert-OH is 2. The predicted octanol–water partition coefficient (Wildman–Crippen LogP) is -4.59. The topological polar surface area (TPSA) is 514 Å². The van der Waals surface area contributed by atoms with Crippen LogP contribution < -0.4 is 71.2 Å². The number of nitrogens with zero attached hydrogens (tertiary/aromatic N) is 4. The van der Waals surface area contributed by atoms with E-state index in [1.165, 1.54) is 19.4 Å². The van der Waals surface area contributed by atoms with Gasteiger partial charge < -0.3 is 96.4 Å². The molecule has 0 aromatic carbocycles. The summed E-state index contributed by atoms with van der Waals surface area (Å²) in [6.45, 7) is 8.06. The van der Waals surface area contributed by atoms with Gasteiger partial charge in [-0.2, -0.15) is 0 Å². The van der Waals surface area contributed by atoms with Crippen LogP contribution in [0.1, 0.15) is 131 Å². The Morgan fingerprint density at radius 2 is 1.23 bits per heavy atom. The Kier molecular flexibility index (Phi) is 32.2. The van der Waals surface area contributed by atoms with E-state index in [0.717, 1.165) is 50.9 Å². The van der Waals surface area contributed by atoms with Gasteiger partial charge in [-0.05, 0) is 71.1 Å². The summed E-state index contributed by atoms with van der Waals surface area (Å²) in [5.41, 5.74) is 28.0. The third kappa shape index (κ3) is 26.9. The van der Waals surface area contributed by atoms with E-state index in [2.05, 4.69) is 62.5 Å². The molecule has 1 heterocycles. The maximum absolute atomic E-state index is 14.3. The Labute approximate surface area is 483 Å². The zero-order valence-electron chi connectivity index (χ0n) is 48.6. The number of nitrogens with one attached hydrogen (secondary N) is 9. The van der Waals surface area contributed by atoms with Crippen LogP contribution in [0.5, 0.6) is 0 Å². The maximum Gasteiger partial charge on any atom is 0.323 e. The van der Waals surface area contributed by atoms with E-state index in [1.54, 1.807) is 13.8 Å². The number of unbranched alkanes of at least 4 members (excludes halogenated alkanes) is 1. The second-order valence-electron chi connectivity index (χ2n) is 21.0. The number of H-pyrrole nitrogens is 1. The summed E-state index contributed by atoms with van der Waals surface area (Å²) in [6.07, 6.45) is 5.95. The molecule has 22 N–H and O–H groups in total. The van der Waals surface area contributed by atoms with Gasteiger partial charge in [-0.1, -0.05) is 65.7 Å². The second kappa shape index (κ2) is 37.4. The second-order valence-corrected chi connectivity index (χ2v) is 21.0. The molecule has 1 aromatic heterocycles. The van der Waals surface area contributed by atoms with Gasteiger partial charge in [0.15, 0.2) is 11.9 Å². The van der Waals surface area contributed by atoms with Gasteiger partial charge in [-0.25, -0.2) is 4.98 Å². The van der Waals surface area contributed by atoms with Crippen molar-refractivity contribution in [2.45, 2.75) is 192 Å². The van der Waals surface area contributed by atoms with E-state index < -0.39 is 139 Å². The van der Waals surface area contributed by atoms with Gasteiger partial charge >= 0.3 is 5.97 Å². The molecular formula is C52H92N18O13. The summed E-state index contributed by atoms with van der Waals surface area (Å²) in [5, 5.41) is 51.3. The molecule has 9 amide bonds.